The Morgan fingerprint density at radius 2 is 2.20 bits per heavy atom. The minimum Gasteiger partial charge on any atom is -0.338 e. The lowest BCUT2D eigenvalue weighted by atomic mass is 10.2. The Kier molecular flexibility index (Phi) is 4.32. The van der Waals surface area contributed by atoms with E-state index in [0.29, 0.717) is 23.4 Å². The third-order valence-corrected chi connectivity index (χ3v) is 3.27. The van der Waals surface area contributed by atoms with Gasteiger partial charge in [0, 0.05) is 4.47 Å². The number of halogens is 2. The molecule has 0 bridgehead atoms. The van der Waals surface area contributed by atoms with Gasteiger partial charge in [0.1, 0.15) is 22.9 Å². The van der Waals surface area contributed by atoms with Gasteiger partial charge in [0.15, 0.2) is 6.29 Å². The maximum absolute atomic E-state index is 11.1. The van der Waals surface area contributed by atoms with E-state index in [-0.39, 0.29) is 16.5 Å². The van der Waals surface area contributed by atoms with Crippen molar-refractivity contribution in [3.05, 3.63) is 44.8 Å². The first kappa shape index (κ1) is 14.4. The van der Waals surface area contributed by atoms with Crippen LogP contribution in [0.2, 0.25) is 5.15 Å². The summed E-state index contributed by atoms with van der Waals surface area (Å²) in [4.78, 5) is 19.2. The predicted octanol–water partition coefficient (Wildman–Crippen LogP) is 3.63. The molecule has 20 heavy (non-hydrogen) atoms. The molecule has 100 valence electrons. The van der Waals surface area contributed by atoms with E-state index in [1.165, 1.54) is 0 Å². The van der Waals surface area contributed by atoms with E-state index in [0.717, 1.165) is 4.47 Å². The fourth-order valence-corrected chi connectivity index (χ4v) is 2.21. The molecule has 0 fully saturated rings. The Morgan fingerprint density at radius 1 is 1.45 bits per heavy atom. The van der Waals surface area contributed by atoms with Gasteiger partial charge < -0.3 is 5.32 Å². The van der Waals surface area contributed by atoms with E-state index >= 15 is 0 Å². The van der Waals surface area contributed by atoms with Crippen LogP contribution in [0.25, 0.3) is 0 Å². The number of benzene rings is 1. The van der Waals surface area contributed by atoms with Gasteiger partial charge in [0.2, 0.25) is 0 Å². The van der Waals surface area contributed by atoms with Gasteiger partial charge in [-0.2, -0.15) is 5.26 Å². The lowest BCUT2D eigenvalue weighted by Crippen LogP contribution is -2.04. The molecule has 0 atom stereocenters. The summed E-state index contributed by atoms with van der Waals surface area (Å²) in [5.74, 6) is 0.698. The molecule has 1 heterocycles. The van der Waals surface area contributed by atoms with Gasteiger partial charge >= 0.3 is 0 Å². The molecule has 1 aromatic carbocycles. The summed E-state index contributed by atoms with van der Waals surface area (Å²) in [6.07, 6.45) is 0.578. The number of nitrogens with zero attached hydrogens (tertiary/aromatic N) is 3. The number of nitriles is 1. The van der Waals surface area contributed by atoms with Gasteiger partial charge in [-0.1, -0.05) is 27.5 Å². The Bertz CT molecular complexity index is 727. The number of aromatic nitrogens is 2. The van der Waals surface area contributed by atoms with Crippen molar-refractivity contribution in [3.8, 4) is 6.07 Å². The van der Waals surface area contributed by atoms with Crippen LogP contribution in [0.5, 0.6) is 0 Å². The van der Waals surface area contributed by atoms with E-state index in [2.05, 4.69) is 37.3 Å². The van der Waals surface area contributed by atoms with Crippen LogP contribution in [0.1, 0.15) is 21.7 Å². The van der Waals surface area contributed by atoms with Gasteiger partial charge in [-0.15, -0.1) is 0 Å². The quantitative estimate of drug-likeness (QED) is 0.675. The molecule has 0 amide bonds. The molecule has 0 spiro atoms. The number of rotatable bonds is 3. The van der Waals surface area contributed by atoms with Crippen LogP contribution in [0.15, 0.2) is 22.7 Å². The molecule has 0 radical (unpaired) electrons. The van der Waals surface area contributed by atoms with Crippen LogP contribution in [-0.2, 0) is 0 Å². The summed E-state index contributed by atoms with van der Waals surface area (Å²) in [6, 6.07) is 7.19. The van der Waals surface area contributed by atoms with E-state index in [1.54, 1.807) is 25.1 Å². The highest BCUT2D eigenvalue weighted by Crippen LogP contribution is 2.27. The van der Waals surface area contributed by atoms with Crippen LogP contribution < -0.4 is 5.32 Å². The number of aryl methyl sites for hydroxylation is 1. The fourth-order valence-electron chi connectivity index (χ4n) is 1.59. The Labute approximate surface area is 128 Å². The fraction of sp³-hybridized carbons (Fsp3) is 0.0769. The van der Waals surface area contributed by atoms with Crippen molar-refractivity contribution < 1.29 is 4.79 Å². The second kappa shape index (κ2) is 5.99. The zero-order valence-electron chi connectivity index (χ0n) is 10.3. The summed E-state index contributed by atoms with van der Waals surface area (Å²) in [7, 11) is 0. The minimum atomic E-state index is 0.0727. The van der Waals surface area contributed by atoms with E-state index < -0.39 is 0 Å². The van der Waals surface area contributed by atoms with Gasteiger partial charge in [0.05, 0.1) is 16.8 Å². The molecule has 1 N–H and O–H groups in total. The molecule has 0 saturated carbocycles. The average Bonchev–Trinajstić information content (AvgIpc) is 2.38. The molecule has 2 rings (SSSR count). The van der Waals surface area contributed by atoms with Crippen LogP contribution in [0.3, 0.4) is 0 Å². The predicted molar refractivity (Wildman–Crippen MR) is 79.3 cm³/mol. The summed E-state index contributed by atoms with van der Waals surface area (Å²) in [6.45, 7) is 1.66. The number of hydrogen-bond donors (Lipinski definition) is 1. The second-order valence-corrected chi connectivity index (χ2v) is 5.14. The van der Waals surface area contributed by atoms with E-state index in [9.17, 15) is 4.79 Å². The Hall–Kier alpha value is -1.97. The molecule has 0 saturated heterocycles. The van der Waals surface area contributed by atoms with Crippen molar-refractivity contribution >= 4 is 45.3 Å². The highest BCUT2D eigenvalue weighted by molar-refractivity contribution is 9.10. The molecular formula is C13H8BrClN4O. The normalized spacial score (nSPS) is 9.90. The number of anilines is 2. The summed E-state index contributed by atoms with van der Waals surface area (Å²) in [5.41, 5.74) is 1.11. The molecule has 0 unspecified atom stereocenters. The van der Waals surface area contributed by atoms with Crippen molar-refractivity contribution in [1.29, 1.82) is 5.26 Å². The molecule has 2 aromatic rings. The van der Waals surface area contributed by atoms with E-state index in [4.69, 9.17) is 16.9 Å². The van der Waals surface area contributed by atoms with Crippen LogP contribution >= 0.6 is 27.5 Å². The first-order valence-electron chi connectivity index (χ1n) is 5.51. The van der Waals surface area contributed by atoms with E-state index in [1.807, 2.05) is 0 Å². The first-order valence-corrected chi connectivity index (χ1v) is 6.68. The summed E-state index contributed by atoms with van der Waals surface area (Å²) < 4.78 is 0.795. The minimum absolute atomic E-state index is 0.0727. The second-order valence-electron chi connectivity index (χ2n) is 3.87. The first-order chi connectivity index (χ1) is 9.55. The molecule has 0 aliphatic heterocycles. The molecule has 0 aliphatic rings. The monoisotopic (exact) mass is 350 g/mol. The highest BCUT2D eigenvalue weighted by atomic mass is 79.9. The Balaban J connectivity index is 2.53. The van der Waals surface area contributed by atoms with Crippen molar-refractivity contribution in [1.82, 2.24) is 9.97 Å². The van der Waals surface area contributed by atoms with Crippen LogP contribution in [0.4, 0.5) is 11.5 Å². The summed E-state index contributed by atoms with van der Waals surface area (Å²) in [5, 5.41) is 12.1. The smallest absolute Gasteiger partial charge is 0.156 e. The average molecular weight is 352 g/mol. The highest BCUT2D eigenvalue weighted by Gasteiger charge is 2.13. The molecular weight excluding hydrogens is 344 g/mol. The SMILES string of the molecule is Cc1nc(Cl)c(C=O)c(Nc2cc(Br)ccc2C#N)n1. The van der Waals surface area contributed by atoms with Gasteiger partial charge in [0.25, 0.3) is 0 Å². The topological polar surface area (TPSA) is 78.7 Å². The number of nitrogens with one attached hydrogen (secondary N) is 1. The van der Waals surface area contributed by atoms with Gasteiger partial charge in [-0.05, 0) is 25.1 Å². The van der Waals surface area contributed by atoms with Gasteiger partial charge in [-0.25, -0.2) is 9.97 Å². The zero-order chi connectivity index (χ0) is 14.7. The van der Waals surface area contributed by atoms with Crippen molar-refractivity contribution in [3.63, 3.8) is 0 Å². The van der Waals surface area contributed by atoms with Crippen molar-refractivity contribution in [2.45, 2.75) is 6.92 Å². The van der Waals surface area contributed by atoms with Gasteiger partial charge in [-0.3, -0.25) is 4.79 Å². The van der Waals surface area contributed by atoms with Crippen molar-refractivity contribution in [2.24, 2.45) is 0 Å². The number of carbonyl (C=O) groups is 1. The summed E-state index contributed by atoms with van der Waals surface area (Å²) >= 11 is 9.23. The largest absolute Gasteiger partial charge is 0.338 e. The number of carbonyl (C=O) groups excluding carboxylic acids is 1. The lowest BCUT2D eigenvalue weighted by Gasteiger charge is -2.11. The molecule has 1 aromatic heterocycles. The number of hydrogen-bond acceptors (Lipinski definition) is 5. The van der Waals surface area contributed by atoms with Crippen LogP contribution in [-0.4, -0.2) is 16.3 Å². The zero-order valence-corrected chi connectivity index (χ0v) is 12.7. The lowest BCUT2D eigenvalue weighted by molar-refractivity contribution is 0.112. The van der Waals surface area contributed by atoms with Crippen molar-refractivity contribution in [2.75, 3.05) is 5.32 Å². The molecule has 5 nitrogen and oxygen atoms in total. The maximum atomic E-state index is 11.1. The maximum Gasteiger partial charge on any atom is 0.156 e. The third kappa shape index (κ3) is 2.95. The number of aldehydes is 1. The third-order valence-electron chi connectivity index (χ3n) is 2.48. The van der Waals surface area contributed by atoms with Crippen LogP contribution in [0, 0.1) is 18.3 Å². The Morgan fingerprint density at radius 3 is 2.85 bits per heavy atom. The molecule has 7 heteroatoms. The molecule has 0 aliphatic carbocycles. The standard InChI is InChI=1S/C13H8BrClN4O/c1-7-17-12(15)10(6-20)13(18-7)19-11-4-9(14)3-2-8(11)5-16/h2-4,6H,1H3,(H,17,18,19).